The lowest BCUT2D eigenvalue weighted by Gasteiger charge is -2.19. The molecule has 0 rings (SSSR count). The molecule has 0 bridgehead atoms. The average molecular weight is 207 g/mol. The van der Waals surface area contributed by atoms with Gasteiger partial charge in [0.15, 0.2) is 0 Å². The van der Waals surface area contributed by atoms with Gasteiger partial charge in [-0.15, -0.1) is 0 Å². The summed E-state index contributed by atoms with van der Waals surface area (Å²) in [6, 6.07) is 0. The van der Waals surface area contributed by atoms with E-state index in [1.54, 1.807) is 7.11 Å². The van der Waals surface area contributed by atoms with Gasteiger partial charge >= 0.3 is 0 Å². The average Bonchev–Trinajstić information content (AvgIpc) is 2.17. The van der Waals surface area contributed by atoms with Crippen molar-refractivity contribution in [2.75, 3.05) is 52.1 Å². The zero-order valence-corrected chi connectivity index (χ0v) is 10.4. The number of rotatable bonds is 8. The van der Waals surface area contributed by atoms with E-state index in [0.717, 1.165) is 13.2 Å². The molecule has 0 atom stereocenters. The van der Waals surface area contributed by atoms with Gasteiger partial charge in [0, 0.05) is 21.0 Å². The third kappa shape index (κ3) is 6.42. The van der Waals surface area contributed by atoms with Crippen LogP contribution in [0.1, 0.15) is 13.8 Å². The quantitative estimate of drug-likeness (QED) is 0.449. The van der Waals surface area contributed by atoms with Crippen LogP contribution >= 0.6 is 7.26 Å². The highest BCUT2D eigenvalue weighted by Gasteiger charge is 2.25. The molecule has 0 aromatic heterocycles. The molecule has 80 valence electrons. The van der Waals surface area contributed by atoms with E-state index < -0.39 is 7.26 Å². The Balaban J connectivity index is 3.39. The smallest absolute Gasteiger partial charge is 0.0825 e. The SMILES string of the molecule is CC[P+](C)(CC)CCOCCOC. The fraction of sp³-hybridized carbons (Fsp3) is 1.00. The van der Waals surface area contributed by atoms with Crippen LogP contribution in [0, 0.1) is 0 Å². The van der Waals surface area contributed by atoms with E-state index in [-0.39, 0.29) is 0 Å². The van der Waals surface area contributed by atoms with E-state index in [9.17, 15) is 0 Å². The van der Waals surface area contributed by atoms with Crippen molar-refractivity contribution < 1.29 is 9.47 Å². The first-order valence-corrected chi connectivity index (χ1v) is 7.88. The van der Waals surface area contributed by atoms with Crippen molar-refractivity contribution in [3.8, 4) is 0 Å². The molecular formula is C10H24O2P+. The molecule has 0 saturated carbocycles. The topological polar surface area (TPSA) is 18.5 Å². The largest absolute Gasteiger partial charge is 0.382 e. The van der Waals surface area contributed by atoms with Gasteiger partial charge in [-0.25, -0.2) is 0 Å². The molecular weight excluding hydrogens is 183 g/mol. The Bertz CT molecular complexity index is 113. The van der Waals surface area contributed by atoms with Crippen molar-refractivity contribution in [3.05, 3.63) is 0 Å². The van der Waals surface area contributed by atoms with Crippen LogP contribution in [0.4, 0.5) is 0 Å². The van der Waals surface area contributed by atoms with Gasteiger partial charge < -0.3 is 9.47 Å². The Morgan fingerprint density at radius 2 is 1.62 bits per heavy atom. The van der Waals surface area contributed by atoms with Gasteiger partial charge in [0.2, 0.25) is 0 Å². The van der Waals surface area contributed by atoms with Gasteiger partial charge in [0.05, 0.1) is 38.3 Å². The van der Waals surface area contributed by atoms with Crippen LogP contribution in [0.3, 0.4) is 0 Å². The molecule has 0 aliphatic carbocycles. The van der Waals surface area contributed by atoms with Gasteiger partial charge in [-0.05, 0) is 13.8 Å². The highest BCUT2D eigenvalue weighted by Crippen LogP contribution is 2.53. The first-order valence-electron chi connectivity index (χ1n) is 5.08. The van der Waals surface area contributed by atoms with Crippen molar-refractivity contribution in [1.29, 1.82) is 0 Å². The minimum absolute atomic E-state index is 0.646. The van der Waals surface area contributed by atoms with E-state index in [4.69, 9.17) is 9.47 Å². The molecule has 2 nitrogen and oxygen atoms in total. The Labute approximate surface area is 83.3 Å². The van der Waals surface area contributed by atoms with Crippen molar-refractivity contribution in [2.24, 2.45) is 0 Å². The second-order valence-electron chi connectivity index (χ2n) is 3.58. The van der Waals surface area contributed by atoms with E-state index in [2.05, 4.69) is 20.5 Å². The van der Waals surface area contributed by atoms with Gasteiger partial charge in [-0.1, -0.05) is 0 Å². The summed E-state index contributed by atoms with van der Waals surface area (Å²) in [4.78, 5) is 0. The van der Waals surface area contributed by atoms with Gasteiger partial charge in [0.1, 0.15) is 0 Å². The zero-order valence-electron chi connectivity index (χ0n) is 9.51. The summed E-state index contributed by atoms with van der Waals surface area (Å²) in [5.41, 5.74) is 0. The van der Waals surface area contributed by atoms with Crippen molar-refractivity contribution >= 4 is 7.26 Å². The van der Waals surface area contributed by atoms with Crippen LogP contribution in [-0.2, 0) is 9.47 Å². The second-order valence-corrected chi connectivity index (χ2v) is 8.53. The predicted molar refractivity (Wildman–Crippen MR) is 61.5 cm³/mol. The molecule has 0 heterocycles. The molecule has 3 heteroatoms. The second kappa shape index (κ2) is 7.73. The van der Waals surface area contributed by atoms with E-state index in [0.29, 0.717) is 6.61 Å². The van der Waals surface area contributed by atoms with Gasteiger partial charge in [-0.2, -0.15) is 0 Å². The molecule has 0 spiro atoms. The maximum atomic E-state index is 5.48. The molecule has 0 saturated heterocycles. The lowest BCUT2D eigenvalue weighted by molar-refractivity contribution is 0.0786. The third-order valence-electron chi connectivity index (χ3n) is 2.73. The Morgan fingerprint density at radius 1 is 1.00 bits per heavy atom. The van der Waals surface area contributed by atoms with Crippen LogP contribution in [0.2, 0.25) is 0 Å². The fourth-order valence-electron chi connectivity index (χ4n) is 1.07. The Kier molecular flexibility index (Phi) is 7.93. The predicted octanol–water partition coefficient (Wildman–Crippen LogP) is 2.34. The van der Waals surface area contributed by atoms with E-state index >= 15 is 0 Å². The maximum absolute atomic E-state index is 5.48. The van der Waals surface area contributed by atoms with Crippen LogP contribution in [0.15, 0.2) is 0 Å². The molecule has 0 aliphatic heterocycles. The van der Waals surface area contributed by atoms with Crippen molar-refractivity contribution in [3.63, 3.8) is 0 Å². The van der Waals surface area contributed by atoms with Gasteiger partial charge in [0.25, 0.3) is 0 Å². The molecule has 13 heavy (non-hydrogen) atoms. The highest BCUT2D eigenvalue weighted by atomic mass is 31.2. The van der Waals surface area contributed by atoms with Crippen LogP contribution < -0.4 is 0 Å². The van der Waals surface area contributed by atoms with Gasteiger partial charge in [-0.3, -0.25) is 0 Å². The highest BCUT2D eigenvalue weighted by molar-refractivity contribution is 7.75. The summed E-state index contributed by atoms with van der Waals surface area (Å²) in [7, 11) is 1.06. The molecule has 0 aliphatic rings. The zero-order chi connectivity index (χ0) is 10.2. The minimum atomic E-state index is -0.646. The molecule has 0 radical (unpaired) electrons. The fourth-order valence-corrected chi connectivity index (χ4v) is 2.72. The lowest BCUT2D eigenvalue weighted by atomic mass is 10.7. The standard InChI is InChI=1S/C10H24O2P/c1-5-13(4,6-2)10-9-12-8-7-11-3/h5-10H2,1-4H3/q+1. The summed E-state index contributed by atoms with van der Waals surface area (Å²) >= 11 is 0. The minimum Gasteiger partial charge on any atom is -0.382 e. The summed E-state index contributed by atoms with van der Waals surface area (Å²) in [6.45, 7) is 9.40. The van der Waals surface area contributed by atoms with Crippen LogP contribution in [0.5, 0.6) is 0 Å². The third-order valence-corrected chi connectivity index (χ3v) is 7.05. The molecule has 0 amide bonds. The normalized spacial score (nSPS) is 12.0. The summed E-state index contributed by atoms with van der Waals surface area (Å²) < 4.78 is 10.4. The Morgan fingerprint density at radius 3 is 2.08 bits per heavy atom. The molecule has 0 unspecified atom stereocenters. The monoisotopic (exact) mass is 207 g/mol. The van der Waals surface area contributed by atoms with Crippen LogP contribution in [-0.4, -0.2) is 52.1 Å². The lowest BCUT2D eigenvalue weighted by Crippen LogP contribution is -2.11. The maximum Gasteiger partial charge on any atom is 0.0825 e. The van der Waals surface area contributed by atoms with Crippen LogP contribution in [0.25, 0.3) is 0 Å². The summed E-state index contributed by atoms with van der Waals surface area (Å²) in [5.74, 6) is 0. The number of ether oxygens (including phenoxy) is 2. The molecule has 0 aromatic rings. The number of hydrogen-bond donors (Lipinski definition) is 0. The van der Waals surface area contributed by atoms with Crippen molar-refractivity contribution in [2.45, 2.75) is 13.8 Å². The van der Waals surface area contributed by atoms with Crippen molar-refractivity contribution in [1.82, 2.24) is 0 Å². The molecule has 0 aromatic carbocycles. The first kappa shape index (κ1) is 13.4. The number of hydrogen-bond acceptors (Lipinski definition) is 2. The summed E-state index contributed by atoms with van der Waals surface area (Å²) in [6.07, 6.45) is 3.96. The first-order chi connectivity index (χ1) is 6.18. The molecule has 0 fully saturated rings. The van der Waals surface area contributed by atoms with E-state index in [1.807, 2.05) is 0 Å². The molecule has 0 N–H and O–H groups in total. The number of methoxy groups -OCH3 is 1. The summed E-state index contributed by atoms with van der Waals surface area (Å²) in [5, 5.41) is 0. The van der Waals surface area contributed by atoms with E-state index in [1.165, 1.54) is 18.5 Å². The Hall–Kier alpha value is 0.350.